The van der Waals surface area contributed by atoms with E-state index in [1.54, 1.807) is 11.1 Å². The standard InChI is InChI=1S/C26H24O/c27-11-12-1-2-13-7-17-18(8-16(13)5-12)20-9-19(17)25-21-10-22(26(20)25)24-15-4-3-14(6-15)23(21)24/h1-5,7-8,11,14-15,19-26H,6,9-10H2. The Balaban J connectivity index is 1.28. The van der Waals surface area contributed by atoms with Crippen LogP contribution in [0.15, 0.2) is 42.5 Å². The maximum absolute atomic E-state index is 11.2. The lowest BCUT2D eigenvalue weighted by Crippen LogP contribution is -2.39. The molecule has 6 aliphatic carbocycles. The largest absolute Gasteiger partial charge is 0.298 e. The normalized spacial score (nSPS) is 49.0. The molecule has 27 heavy (non-hydrogen) atoms. The molecule has 0 spiro atoms. The molecule has 6 aliphatic rings. The Bertz CT molecular complexity index is 1060. The van der Waals surface area contributed by atoms with E-state index >= 15 is 0 Å². The predicted octanol–water partition coefficient (Wildman–Crippen LogP) is 5.56. The number of carbonyl (C=O) groups is 1. The van der Waals surface area contributed by atoms with E-state index in [1.807, 2.05) is 6.07 Å². The molecule has 8 rings (SSSR count). The first-order valence-electron chi connectivity index (χ1n) is 11.0. The van der Waals surface area contributed by atoms with Gasteiger partial charge in [-0.3, -0.25) is 4.79 Å². The number of aldehydes is 1. The summed E-state index contributed by atoms with van der Waals surface area (Å²) in [6.07, 6.45) is 10.6. The van der Waals surface area contributed by atoms with Crippen LogP contribution in [-0.4, -0.2) is 6.29 Å². The molecule has 0 aliphatic heterocycles. The van der Waals surface area contributed by atoms with Crippen LogP contribution in [0.4, 0.5) is 0 Å². The van der Waals surface area contributed by atoms with Crippen molar-refractivity contribution in [3.8, 4) is 0 Å². The zero-order chi connectivity index (χ0) is 17.4. The molecule has 4 fully saturated rings. The van der Waals surface area contributed by atoms with E-state index in [9.17, 15) is 4.79 Å². The van der Waals surface area contributed by atoms with Gasteiger partial charge in [-0.25, -0.2) is 0 Å². The van der Waals surface area contributed by atoms with Gasteiger partial charge in [0.05, 0.1) is 0 Å². The van der Waals surface area contributed by atoms with E-state index in [2.05, 4.69) is 36.4 Å². The molecule has 2 aromatic carbocycles. The third-order valence-electron chi connectivity index (χ3n) is 9.99. The van der Waals surface area contributed by atoms with E-state index in [0.717, 1.165) is 71.0 Å². The molecular weight excluding hydrogens is 328 g/mol. The SMILES string of the molecule is O=Cc1ccc2cc3c(cc2c1)C1CC3C2C3CC(C4C5C=CC(C5)C34)C12. The van der Waals surface area contributed by atoms with Gasteiger partial charge in [0.15, 0.2) is 0 Å². The highest BCUT2D eigenvalue weighted by molar-refractivity contribution is 5.90. The van der Waals surface area contributed by atoms with Gasteiger partial charge in [-0.2, -0.15) is 0 Å². The van der Waals surface area contributed by atoms with E-state index in [4.69, 9.17) is 0 Å². The minimum absolute atomic E-state index is 0.804. The first-order valence-corrected chi connectivity index (χ1v) is 11.0. The molecule has 0 radical (unpaired) electrons. The summed E-state index contributed by atoms with van der Waals surface area (Å²) in [5, 5.41) is 2.60. The predicted molar refractivity (Wildman–Crippen MR) is 106 cm³/mol. The van der Waals surface area contributed by atoms with Crippen LogP contribution in [0.25, 0.3) is 10.8 Å². The fourth-order valence-electron chi connectivity index (χ4n) is 9.59. The van der Waals surface area contributed by atoms with Crippen molar-refractivity contribution in [2.24, 2.45) is 47.3 Å². The lowest BCUT2D eigenvalue weighted by Gasteiger charge is -2.44. The van der Waals surface area contributed by atoms with Crippen LogP contribution in [0.2, 0.25) is 0 Å². The molecule has 1 heteroatoms. The van der Waals surface area contributed by atoms with Gasteiger partial charge >= 0.3 is 0 Å². The molecule has 2 aromatic rings. The van der Waals surface area contributed by atoms with Crippen LogP contribution in [0, 0.1) is 47.3 Å². The molecule has 0 N–H and O–H groups in total. The number of hydrogen-bond donors (Lipinski definition) is 0. The Morgan fingerprint density at radius 2 is 1.37 bits per heavy atom. The summed E-state index contributed by atoms with van der Waals surface area (Å²) in [6, 6.07) is 11.2. The van der Waals surface area contributed by atoms with Crippen LogP contribution in [-0.2, 0) is 0 Å². The van der Waals surface area contributed by atoms with Crippen LogP contribution in [0.1, 0.15) is 52.6 Å². The average Bonchev–Trinajstić information content (AvgIpc) is 3.50. The monoisotopic (exact) mass is 352 g/mol. The molecule has 0 heterocycles. The Labute approximate surface area is 159 Å². The fraction of sp³-hybridized carbons (Fsp3) is 0.500. The average molecular weight is 352 g/mol. The highest BCUT2D eigenvalue weighted by Crippen LogP contribution is 2.78. The number of hydrogen-bond acceptors (Lipinski definition) is 1. The Kier molecular flexibility index (Phi) is 2.31. The van der Waals surface area contributed by atoms with Gasteiger partial charge in [-0.1, -0.05) is 36.4 Å². The quantitative estimate of drug-likeness (QED) is 0.373. The number of benzene rings is 2. The third-order valence-corrected chi connectivity index (χ3v) is 9.99. The second-order valence-electron chi connectivity index (χ2n) is 10.5. The van der Waals surface area contributed by atoms with Crippen LogP contribution in [0.5, 0.6) is 0 Å². The van der Waals surface area contributed by atoms with Crippen molar-refractivity contribution in [2.45, 2.75) is 31.1 Å². The molecule has 4 saturated carbocycles. The summed E-state index contributed by atoms with van der Waals surface area (Å²) in [7, 11) is 0. The second kappa shape index (κ2) is 4.40. The van der Waals surface area contributed by atoms with Gasteiger partial charge in [-0.05, 0) is 106 Å². The van der Waals surface area contributed by atoms with Crippen molar-refractivity contribution in [1.29, 1.82) is 0 Å². The topological polar surface area (TPSA) is 17.1 Å². The van der Waals surface area contributed by atoms with E-state index in [0.29, 0.717) is 0 Å². The lowest BCUT2D eigenvalue weighted by atomic mass is 9.60. The molecule has 10 unspecified atom stereocenters. The zero-order valence-electron chi connectivity index (χ0n) is 15.4. The second-order valence-corrected chi connectivity index (χ2v) is 10.5. The first-order chi connectivity index (χ1) is 13.3. The molecule has 0 aromatic heterocycles. The number of carbonyl (C=O) groups excluding carboxylic acids is 1. The van der Waals surface area contributed by atoms with Gasteiger partial charge in [0.1, 0.15) is 6.29 Å². The van der Waals surface area contributed by atoms with E-state index in [-0.39, 0.29) is 0 Å². The van der Waals surface area contributed by atoms with Crippen LogP contribution >= 0.6 is 0 Å². The Hall–Kier alpha value is -1.89. The molecule has 10 atom stereocenters. The Morgan fingerprint density at radius 3 is 2.04 bits per heavy atom. The summed E-state index contributed by atoms with van der Waals surface area (Å²) in [6.45, 7) is 0. The van der Waals surface area contributed by atoms with Crippen molar-refractivity contribution >= 4 is 17.1 Å². The lowest BCUT2D eigenvalue weighted by molar-refractivity contribution is 0.0882. The Morgan fingerprint density at radius 1 is 0.704 bits per heavy atom. The molecular formula is C26H24O. The number of fused-ring (bicyclic) bond motifs is 20. The number of rotatable bonds is 1. The molecule has 134 valence electrons. The summed E-state index contributed by atoms with van der Waals surface area (Å²) >= 11 is 0. The molecule has 0 saturated heterocycles. The van der Waals surface area contributed by atoms with Crippen molar-refractivity contribution in [3.05, 3.63) is 59.2 Å². The van der Waals surface area contributed by atoms with Gasteiger partial charge in [0.2, 0.25) is 0 Å². The van der Waals surface area contributed by atoms with Gasteiger partial charge in [0, 0.05) is 5.56 Å². The molecule has 0 amide bonds. The summed E-state index contributed by atoms with van der Waals surface area (Å²) in [5.74, 6) is 9.49. The number of allylic oxidation sites excluding steroid dienone is 2. The zero-order valence-corrected chi connectivity index (χ0v) is 15.4. The van der Waals surface area contributed by atoms with Crippen molar-refractivity contribution in [3.63, 3.8) is 0 Å². The smallest absolute Gasteiger partial charge is 0.150 e. The highest BCUT2D eigenvalue weighted by atomic mass is 16.1. The summed E-state index contributed by atoms with van der Waals surface area (Å²) in [5.41, 5.74) is 4.13. The fourth-order valence-corrected chi connectivity index (χ4v) is 9.59. The van der Waals surface area contributed by atoms with Gasteiger partial charge < -0.3 is 0 Å². The molecule has 6 bridgehead atoms. The van der Waals surface area contributed by atoms with Gasteiger partial charge in [0.25, 0.3) is 0 Å². The first kappa shape index (κ1) is 14.2. The van der Waals surface area contributed by atoms with E-state index < -0.39 is 0 Å². The minimum Gasteiger partial charge on any atom is -0.298 e. The summed E-state index contributed by atoms with van der Waals surface area (Å²) in [4.78, 5) is 11.2. The van der Waals surface area contributed by atoms with Crippen LogP contribution < -0.4 is 0 Å². The van der Waals surface area contributed by atoms with Crippen LogP contribution in [0.3, 0.4) is 0 Å². The minimum atomic E-state index is 0.804. The van der Waals surface area contributed by atoms with Crippen molar-refractivity contribution in [1.82, 2.24) is 0 Å². The van der Waals surface area contributed by atoms with Crippen molar-refractivity contribution in [2.75, 3.05) is 0 Å². The van der Waals surface area contributed by atoms with Crippen molar-refractivity contribution < 1.29 is 4.79 Å². The summed E-state index contributed by atoms with van der Waals surface area (Å²) < 4.78 is 0. The van der Waals surface area contributed by atoms with E-state index in [1.165, 1.54) is 30.0 Å². The molecule has 1 nitrogen and oxygen atoms in total. The third kappa shape index (κ3) is 1.45. The van der Waals surface area contributed by atoms with Gasteiger partial charge in [-0.15, -0.1) is 0 Å². The highest BCUT2D eigenvalue weighted by Gasteiger charge is 2.70. The maximum Gasteiger partial charge on any atom is 0.150 e. The maximum atomic E-state index is 11.2.